The summed E-state index contributed by atoms with van der Waals surface area (Å²) in [5.74, 6) is 1.98. The van der Waals surface area contributed by atoms with Gasteiger partial charge in [0, 0.05) is 41.6 Å². The lowest BCUT2D eigenvalue weighted by Gasteiger charge is -2.30. The monoisotopic (exact) mass is 483 g/mol. The molecule has 2 aromatic carbocycles. The Morgan fingerprint density at radius 3 is 2.65 bits per heavy atom. The molecular weight excluding hydrogens is 454 g/mol. The summed E-state index contributed by atoms with van der Waals surface area (Å²) in [5, 5.41) is 15.4. The highest BCUT2D eigenvalue weighted by atomic mass is 32.2. The van der Waals surface area contributed by atoms with Gasteiger partial charge in [0.15, 0.2) is 12.0 Å². The summed E-state index contributed by atoms with van der Waals surface area (Å²) in [7, 11) is 0. The van der Waals surface area contributed by atoms with Crippen LogP contribution in [0.15, 0.2) is 47.6 Å². The zero-order valence-electron chi connectivity index (χ0n) is 18.9. The average Bonchev–Trinajstić information content (AvgIpc) is 2.87. The molecule has 2 aliphatic heterocycles. The molecule has 4 rings (SSSR count). The number of carbonyl (C=O) groups is 2. The molecule has 0 radical (unpaired) electrons. The van der Waals surface area contributed by atoms with E-state index in [1.807, 2.05) is 36.2 Å². The van der Waals surface area contributed by atoms with E-state index in [0.29, 0.717) is 23.3 Å². The van der Waals surface area contributed by atoms with Gasteiger partial charge in [-0.2, -0.15) is 16.9 Å². The van der Waals surface area contributed by atoms with Gasteiger partial charge in [0.25, 0.3) is 0 Å². The van der Waals surface area contributed by atoms with Gasteiger partial charge in [0.1, 0.15) is 12.4 Å². The maximum Gasteiger partial charge on any atom is 0.306 e. The summed E-state index contributed by atoms with van der Waals surface area (Å²) in [4.78, 5) is 24.9. The number of aliphatic hydroxyl groups excluding tert-OH is 1. The zero-order valence-corrected chi connectivity index (χ0v) is 19.7. The normalized spacial score (nSPS) is 20.0. The first kappa shape index (κ1) is 24.3. The van der Waals surface area contributed by atoms with Gasteiger partial charge in [0.05, 0.1) is 19.2 Å². The van der Waals surface area contributed by atoms with Crippen molar-refractivity contribution in [2.45, 2.75) is 19.1 Å². The van der Waals surface area contributed by atoms with Crippen LogP contribution in [0.3, 0.4) is 0 Å². The average molecular weight is 484 g/mol. The minimum Gasteiger partial charge on any atom is -0.475 e. The van der Waals surface area contributed by atoms with Crippen LogP contribution in [0.1, 0.15) is 33.5 Å². The summed E-state index contributed by atoms with van der Waals surface area (Å²) in [6.45, 7) is 1.66. The molecule has 180 valence electrons. The fourth-order valence-corrected chi connectivity index (χ4v) is 4.82. The van der Waals surface area contributed by atoms with E-state index in [-0.39, 0.29) is 31.3 Å². The highest BCUT2D eigenvalue weighted by Crippen LogP contribution is 2.32. The number of hydrogen-bond donors (Lipinski definition) is 2. The number of ketones is 1. The molecule has 1 saturated heterocycles. The maximum atomic E-state index is 13.0. The summed E-state index contributed by atoms with van der Waals surface area (Å²) in [6, 6.07) is 12.7. The van der Waals surface area contributed by atoms with Gasteiger partial charge in [-0.05, 0) is 23.6 Å². The van der Waals surface area contributed by atoms with Crippen molar-refractivity contribution in [2.75, 3.05) is 37.8 Å². The van der Waals surface area contributed by atoms with Crippen LogP contribution in [0, 0.1) is 5.92 Å². The fourth-order valence-electron chi connectivity index (χ4n) is 3.94. The number of carbonyl (C=O) groups excluding carboxylic acids is 2. The minimum atomic E-state index is -0.684. The Hall–Kier alpha value is -2.88. The van der Waals surface area contributed by atoms with Crippen LogP contribution in [0.5, 0.6) is 5.75 Å². The first-order valence-electron chi connectivity index (χ1n) is 11.4. The van der Waals surface area contributed by atoms with E-state index in [4.69, 9.17) is 20.3 Å². The molecule has 2 atom stereocenters. The lowest BCUT2D eigenvalue weighted by Crippen LogP contribution is -2.41. The van der Waals surface area contributed by atoms with Crippen molar-refractivity contribution in [3.8, 4) is 5.75 Å². The van der Waals surface area contributed by atoms with Crippen LogP contribution in [0.25, 0.3) is 0 Å². The molecule has 2 aliphatic rings. The predicted octanol–water partition coefficient (Wildman–Crippen LogP) is 2.06. The molecule has 34 heavy (non-hydrogen) atoms. The van der Waals surface area contributed by atoms with E-state index >= 15 is 0 Å². The lowest BCUT2D eigenvalue weighted by molar-refractivity contribution is -0.146. The number of hydrazone groups is 1. The van der Waals surface area contributed by atoms with Crippen molar-refractivity contribution in [1.82, 2.24) is 5.01 Å². The number of aliphatic hydroxyl groups is 1. The van der Waals surface area contributed by atoms with Crippen molar-refractivity contribution in [3.63, 3.8) is 0 Å². The number of rotatable bonds is 8. The molecule has 8 nitrogen and oxygen atoms in total. The van der Waals surface area contributed by atoms with E-state index in [1.165, 1.54) is 0 Å². The van der Waals surface area contributed by atoms with Gasteiger partial charge in [-0.1, -0.05) is 36.4 Å². The van der Waals surface area contributed by atoms with Crippen LogP contribution in [0.2, 0.25) is 0 Å². The van der Waals surface area contributed by atoms with E-state index in [0.717, 1.165) is 35.7 Å². The predicted molar refractivity (Wildman–Crippen MR) is 131 cm³/mol. The third-order valence-corrected chi connectivity index (χ3v) is 6.80. The van der Waals surface area contributed by atoms with Crippen molar-refractivity contribution in [3.05, 3.63) is 64.7 Å². The van der Waals surface area contributed by atoms with E-state index in [1.54, 1.807) is 24.3 Å². The van der Waals surface area contributed by atoms with E-state index in [9.17, 15) is 9.59 Å². The summed E-state index contributed by atoms with van der Waals surface area (Å²) in [5.41, 5.74) is 9.05. The maximum absolute atomic E-state index is 13.0. The fraction of sp³-hybridized carbons (Fsp3) is 0.400. The number of thioether (sulfide) groups is 1. The Kier molecular flexibility index (Phi) is 8.21. The number of nitrogens with two attached hydrogens (primary N) is 1. The molecule has 0 spiro atoms. The summed E-state index contributed by atoms with van der Waals surface area (Å²) >= 11 is 1.94. The molecule has 3 N–H and O–H groups in total. The second kappa shape index (κ2) is 11.5. The van der Waals surface area contributed by atoms with Crippen LogP contribution in [-0.4, -0.2) is 72.1 Å². The Morgan fingerprint density at radius 2 is 1.91 bits per heavy atom. The number of fused-ring (bicyclic) bond motifs is 1. The van der Waals surface area contributed by atoms with Crippen molar-refractivity contribution >= 4 is 29.7 Å². The number of nitrogens with zero attached hydrogens (tertiary/aromatic N) is 2. The van der Waals surface area contributed by atoms with Gasteiger partial charge in [-0.15, -0.1) is 0 Å². The Balaban J connectivity index is 1.39. The van der Waals surface area contributed by atoms with Crippen LogP contribution in [0.4, 0.5) is 0 Å². The first-order valence-corrected chi connectivity index (χ1v) is 12.5. The molecule has 0 amide bonds. The third-order valence-electron chi connectivity index (χ3n) is 5.85. The topological polar surface area (TPSA) is 114 Å². The second-order valence-electron chi connectivity index (χ2n) is 8.28. The van der Waals surface area contributed by atoms with Crippen molar-refractivity contribution in [1.29, 1.82) is 0 Å². The Morgan fingerprint density at radius 1 is 1.18 bits per heavy atom. The van der Waals surface area contributed by atoms with Gasteiger partial charge in [-0.3, -0.25) is 20.3 Å². The lowest BCUT2D eigenvalue weighted by atomic mass is 9.90. The van der Waals surface area contributed by atoms with Gasteiger partial charge in [-0.25, -0.2) is 0 Å². The molecule has 2 unspecified atom stereocenters. The number of ether oxygens (including phenoxy) is 2. The summed E-state index contributed by atoms with van der Waals surface area (Å²) in [6.07, 6.45) is 1.79. The molecule has 9 heteroatoms. The number of hydrogen-bond acceptors (Lipinski definition) is 9. The molecule has 0 aromatic heterocycles. The smallest absolute Gasteiger partial charge is 0.306 e. The molecule has 0 saturated carbocycles. The molecular formula is C25H29N3O5S. The van der Waals surface area contributed by atoms with Crippen molar-refractivity contribution < 1.29 is 24.2 Å². The van der Waals surface area contributed by atoms with Crippen LogP contribution in [-0.2, 0) is 16.0 Å². The first-order chi connectivity index (χ1) is 16.5. The number of esters is 1. The highest BCUT2D eigenvalue weighted by Gasteiger charge is 2.30. The highest BCUT2D eigenvalue weighted by molar-refractivity contribution is 7.99. The molecule has 0 aliphatic carbocycles. The third kappa shape index (κ3) is 6.16. The van der Waals surface area contributed by atoms with Gasteiger partial charge < -0.3 is 14.6 Å². The molecule has 2 heterocycles. The van der Waals surface area contributed by atoms with E-state index in [2.05, 4.69) is 10.1 Å². The minimum absolute atomic E-state index is 0.0326. The van der Waals surface area contributed by atoms with Gasteiger partial charge in [0.2, 0.25) is 0 Å². The zero-order chi connectivity index (χ0) is 23.9. The van der Waals surface area contributed by atoms with Crippen molar-refractivity contribution in [2.24, 2.45) is 16.8 Å². The summed E-state index contributed by atoms with van der Waals surface area (Å²) < 4.78 is 10.8. The van der Waals surface area contributed by atoms with Gasteiger partial charge >= 0.3 is 5.97 Å². The SMILES string of the molecule is NC1Oc2cc(C(=O)c3ccc(C=NN4CCSCC4)cc3)ccc2CC1CC(=O)OCCO. The quantitative estimate of drug-likeness (QED) is 0.333. The standard InChI is InChI=1S/C25H29N3O5S/c26-25-21(15-23(30)32-10-9-29)13-19-5-6-20(14-22(19)33-25)24(31)18-3-1-17(2-4-18)16-27-28-7-11-34-12-8-28/h1-6,14,16,21,25,29H,7-13,15,26H2. The molecule has 2 aromatic rings. The van der Waals surface area contributed by atoms with Crippen LogP contribution < -0.4 is 10.5 Å². The van der Waals surface area contributed by atoms with E-state index < -0.39 is 12.2 Å². The van der Waals surface area contributed by atoms with Crippen LogP contribution >= 0.6 is 11.8 Å². The Bertz CT molecular complexity index is 1040. The Labute approximate surface area is 203 Å². The molecule has 0 bridgehead atoms. The number of benzene rings is 2. The largest absolute Gasteiger partial charge is 0.475 e. The second-order valence-corrected chi connectivity index (χ2v) is 9.50. The molecule has 1 fully saturated rings.